The number of carbonyl (C=O) groups is 1. The fourth-order valence-electron chi connectivity index (χ4n) is 1.65. The van der Waals surface area contributed by atoms with Crippen LogP contribution in [0.3, 0.4) is 0 Å². The number of carbonyl (C=O) groups excluding carboxylic acids is 1. The Balaban J connectivity index is 2.15. The summed E-state index contributed by atoms with van der Waals surface area (Å²) in [5, 5.41) is 2.93. The lowest BCUT2D eigenvalue weighted by atomic mass is 10.1. The van der Waals surface area contributed by atoms with Crippen molar-refractivity contribution in [2.75, 3.05) is 32.9 Å². The van der Waals surface area contributed by atoms with Gasteiger partial charge in [0.1, 0.15) is 0 Å². The van der Waals surface area contributed by atoms with Crippen LogP contribution in [0.1, 0.15) is 18.4 Å². The molecular weight excluding hydrogens is 226 g/mol. The third-order valence-electron chi connectivity index (χ3n) is 2.72. The molecule has 3 N–H and O–H groups in total. The number of hydrogen-bond acceptors (Lipinski definition) is 3. The molecule has 1 amide bonds. The summed E-state index contributed by atoms with van der Waals surface area (Å²) in [6, 6.07) is 7.66. The number of nitrogens with two attached hydrogens (primary N) is 1. The third-order valence-corrected chi connectivity index (χ3v) is 2.72. The first kappa shape index (κ1) is 14.5. The minimum absolute atomic E-state index is 0.116. The largest absolute Gasteiger partial charge is 0.399 e. The van der Waals surface area contributed by atoms with E-state index in [1.165, 1.54) is 0 Å². The molecule has 0 spiro atoms. The number of hydrogen-bond donors (Lipinski definition) is 2. The molecule has 0 saturated carbocycles. The van der Waals surface area contributed by atoms with Gasteiger partial charge in [-0.15, -0.1) is 0 Å². The molecule has 4 heteroatoms. The van der Waals surface area contributed by atoms with Crippen molar-refractivity contribution >= 4 is 11.6 Å². The monoisotopic (exact) mass is 249 g/mol. The lowest BCUT2D eigenvalue weighted by Crippen LogP contribution is -2.27. The summed E-state index contributed by atoms with van der Waals surface area (Å²) < 4.78 is 0. The second-order valence-electron chi connectivity index (χ2n) is 4.75. The lowest BCUT2D eigenvalue weighted by Gasteiger charge is -2.09. The molecule has 1 rings (SSSR count). The van der Waals surface area contributed by atoms with E-state index in [1.54, 1.807) is 0 Å². The van der Waals surface area contributed by atoms with Crippen LogP contribution in [-0.4, -0.2) is 38.0 Å². The summed E-state index contributed by atoms with van der Waals surface area (Å²) >= 11 is 0. The Morgan fingerprint density at radius 1 is 1.28 bits per heavy atom. The van der Waals surface area contributed by atoms with Crippen LogP contribution in [0.5, 0.6) is 0 Å². The number of aryl methyl sites for hydroxylation is 1. The summed E-state index contributed by atoms with van der Waals surface area (Å²) in [6.45, 7) is 1.75. The van der Waals surface area contributed by atoms with Crippen LogP contribution in [0.25, 0.3) is 0 Å². The fourth-order valence-corrected chi connectivity index (χ4v) is 1.65. The normalized spacial score (nSPS) is 10.6. The highest BCUT2D eigenvalue weighted by atomic mass is 16.1. The van der Waals surface area contributed by atoms with Crippen molar-refractivity contribution in [3.05, 3.63) is 29.8 Å². The van der Waals surface area contributed by atoms with Crippen molar-refractivity contribution in [1.82, 2.24) is 10.2 Å². The Kier molecular flexibility index (Phi) is 6.22. The molecule has 4 nitrogen and oxygen atoms in total. The summed E-state index contributed by atoms with van der Waals surface area (Å²) in [6.07, 6.45) is 2.28. The van der Waals surface area contributed by atoms with Gasteiger partial charge in [-0.1, -0.05) is 12.1 Å². The first-order valence-electron chi connectivity index (χ1n) is 6.34. The molecule has 0 aromatic heterocycles. The molecule has 0 aliphatic rings. The standard InChI is InChI=1S/C14H23N3O/c1-17(2)11-3-10-16-14(18)9-6-12-4-7-13(15)8-5-12/h4-5,7-8H,3,6,9-11,15H2,1-2H3,(H,16,18). The number of benzene rings is 1. The second kappa shape index (κ2) is 7.71. The quantitative estimate of drug-likeness (QED) is 0.565. The maximum Gasteiger partial charge on any atom is 0.220 e. The molecule has 0 aliphatic heterocycles. The van der Waals surface area contributed by atoms with E-state index in [0.29, 0.717) is 6.42 Å². The van der Waals surface area contributed by atoms with Gasteiger partial charge in [0, 0.05) is 18.7 Å². The Bertz CT molecular complexity index is 360. The lowest BCUT2D eigenvalue weighted by molar-refractivity contribution is -0.121. The topological polar surface area (TPSA) is 58.4 Å². The number of nitrogens with one attached hydrogen (secondary N) is 1. The average molecular weight is 249 g/mol. The fraction of sp³-hybridized carbons (Fsp3) is 0.500. The van der Waals surface area contributed by atoms with E-state index in [1.807, 2.05) is 38.4 Å². The van der Waals surface area contributed by atoms with Gasteiger partial charge in [0.15, 0.2) is 0 Å². The number of nitrogen functional groups attached to an aromatic ring is 1. The van der Waals surface area contributed by atoms with E-state index in [-0.39, 0.29) is 5.91 Å². The van der Waals surface area contributed by atoms with Crippen LogP contribution in [0.2, 0.25) is 0 Å². The summed E-state index contributed by atoms with van der Waals surface area (Å²) in [5.74, 6) is 0.116. The molecule has 0 unspecified atom stereocenters. The molecule has 0 atom stereocenters. The van der Waals surface area contributed by atoms with Crippen LogP contribution in [0.15, 0.2) is 24.3 Å². The predicted octanol–water partition coefficient (Wildman–Crippen LogP) is 1.27. The Morgan fingerprint density at radius 3 is 2.56 bits per heavy atom. The number of anilines is 1. The SMILES string of the molecule is CN(C)CCCNC(=O)CCc1ccc(N)cc1. The van der Waals surface area contributed by atoms with Crippen LogP contribution >= 0.6 is 0 Å². The molecular formula is C14H23N3O. The molecule has 100 valence electrons. The van der Waals surface area contributed by atoms with Crippen molar-refractivity contribution < 1.29 is 4.79 Å². The molecule has 1 aromatic rings. The van der Waals surface area contributed by atoms with E-state index in [2.05, 4.69) is 10.2 Å². The minimum Gasteiger partial charge on any atom is -0.399 e. The Morgan fingerprint density at radius 2 is 1.94 bits per heavy atom. The maximum absolute atomic E-state index is 11.6. The predicted molar refractivity (Wildman–Crippen MR) is 75.4 cm³/mol. The highest BCUT2D eigenvalue weighted by Crippen LogP contribution is 2.07. The highest BCUT2D eigenvalue weighted by Gasteiger charge is 2.01. The zero-order valence-electron chi connectivity index (χ0n) is 11.3. The summed E-state index contributed by atoms with van der Waals surface area (Å²) in [7, 11) is 4.06. The van der Waals surface area contributed by atoms with Gasteiger partial charge in [-0.05, 0) is 51.2 Å². The molecule has 0 saturated heterocycles. The number of nitrogens with zero attached hydrogens (tertiary/aromatic N) is 1. The van der Waals surface area contributed by atoms with Crippen LogP contribution in [-0.2, 0) is 11.2 Å². The minimum atomic E-state index is 0.116. The zero-order chi connectivity index (χ0) is 13.4. The van der Waals surface area contributed by atoms with Gasteiger partial charge in [-0.25, -0.2) is 0 Å². The van der Waals surface area contributed by atoms with Crippen molar-refractivity contribution in [1.29, 1.82) is 0 Å². The van der Waals surface area contributed by atoms with E-state index in [9.17, 15) is 4.79 Å². The van der Waals surface area contributed by atoms with Crippen molar-refractivity contribution in [2.24, 2.45) is 0 Å². The first-order chi connectivity index (χ1) is 8.58. The number of rotatable bonds is 7. The van der Waals surface area contributed by atoms with Gasteiger partial charge in [0.05, 0.1) is 0 Å². The van der Waals surface area contributed by atoms with Gasteiger partial charge in [-0.2, -0.15) is 0 Å². The van der Waals surface area contributed by atoms with Crippen LogP contribution in [0, 0.1) is 0 Å². The van der Waals surface area contributed by atoms with E-state index < -0.39 is 0 Å². The number of amides is 1. The van der Waals surface area contributed by atoms with Gasteiger partial charge < -0.3 is 16.0 Å². The van der Waals surface area contributed by atoms with E-state index in [4.69, 9.17) is 5.73 Å². The smallest absolute Gasteiger partial charge is 0.220 e. The second-order valence-corrected chi connectivity index (χ2v) is 4.75. The molecule has 18 heavy (non-hydrogen) atoms. The zero-order valence-corrected chi connectivity index (χ0v) is 11.3. The van der Waals surface area contributed by atoms with Crippen LogP contribution in [0.4, 0.5) is 5.69 Å². The molecule has 0 radical (unpaired) electrons. The first-order valence-corrected chi connectivity index (χ1v) is 6.34. The average Bonchev–Trinajstić information content (AvgIpc) is 2.34. The van der Waals surface area contributed by atoms with Gasteiger partial charge >= 0.3 is 0 Å². The molecule has 0 aliphatic carbocycles. The molecule has 0 heterocycles. The maximum atomic E-state index is 11.6. The van der Waals surface area contributed by atoms with Crippen molar-refractivity contribution in [2.45, 2.75) is 19.3 Å². The summed E-state index contributed by atoms with van der Waals surface area (Å²) in [4.78, 5) is 13.7. The molecule has 1 aromatic carbocycles. The van der Waals surface area contributed by atoms with Crippen molar-refractivity contribution in [3.8, 4) is 0 Å². The molecule has 0 fully saturated rings. The van der Waals surface area contributed by atoms with Gasteiger partial charge in [0.25, 0.3) is 0 Å². The molecule has 0 bridgehead atoms. The van der Waals surface area contributed by atoms with E-state index >= 15 is 0 Å². The Labute approximate surface area is 109 Å². The van der Waals surface area contributed by atoms with E-state index in [0.717, 1.165) is 37.2 Å². The summed E-state index contributed by atoms with van der Waals surface area (Å²) in [5.41, 5.74) is 7.51. The van der Waals surface area contributed by atoms with Crippen molar-refractivity contribution in [3.63, 3.8) is 0 Å². The van der Waals surface area contributed by atoms with Gasteiger partial charge in [0.2, 0.25) is 5.91 Å². The Hall–Kier alpha value is -1.55. The highest BCUT2D eigenvalue weighted by molar-refractivity contribution is 5.76. The third kappa shape index (κ3) is 6.25. The van der Waals surface area contributed by atoms with Gasteiger partial charge in [-0.3, -0.25) is 4.79 Å². The van der Waals surface area contributed by atoms with Crippen LogP contribution < -0.4 is 11.1 Å².